The molecule has 42 heavy (non-hydrogen) atoms. The Kier molecular flexibility index (Phi) is 9.07. The van der Waals surface area contributed by atoms with Gasteiger partial charge in [0.15, 0.2) is 0 Å². The number of amides is 2. The largest absolute Gasteiger partial charge is 0.466 e. The van der Waals surface area contributed by atoms with Gasteiger partial charge in [-0.2, -0.15) is 13.2 Å². The molecule has 0 aromatic heterocycles. The topological polar surface area (TPSA) is 111 Å². The van der Waals surface area contributed by atoms with Gasteiger partial charge in [-0.25, -0.2) is 9.59 Å². The number of ether oxygens (including phenoxy) is 3. The maximum Gasteiger partial charge on any atom is 0.417 e. The number of carbonyl (C=O) groups is 4. The molecule has 0 fully saturated rings. The number of rotatable bonds is 9. The van der Waals surface area contributed by atoms with Crippen molar-refractivity contribution in [2.24, 2.45) is 0 Å². The molecule has 222 valence electrons. The van der Waals surface area contributed by atoms with Crippen LogP contribution in [0.25, 0.3) is 0 Å². The van der Waals surface area contributed by atoms with Gasteiger partial charge in [0.1, 0.15) is 0 Å². The number of dihydropyridines is 1. The lowest BCUT2D eigenvalue weighted by molar-refractivity contribution is -0.139. The highest BCUT2D eigenvalue weighted by Crippen LogP contribution is 2.45. The summed E-state index contributed by atoms with van der Waals surface area (Å²) in [6.45, 7) is 2.47. The van der Waals surface area contributed by atoms with E-state index < -0.39 is 46.4 Å². The molecule has 0 bridgehead atoms. The molecule has 2 aliphatic heterocycles. The lowest BCUT2D eigenvalue weighted by Crippen LogP contribution is -2.36. The van der Waals surface area contributed by atoms with Crippen molar-refractivity contribution in [1.29, 1.82) is 0 Å². The average Bonchev–Trinajstić information content (AvgIpc) is 3.19. The van der Waals surface area contributed by atoms with Crippen molar-refractivity contribution in [3.63, 3.8) is 0 Å². The fourth-order valence-corrected chi connectivity index (χ4v) is 5.26. The first-order chi connectivity index (χ1) is 19.9. The van der Waals surface area contributed by atoms with E-state index in [1.54, 1.807) is 31.2 Å². The molecular weight excluding hydrogens is 581 g/mol. The van der Waals surface area contributed by atoms with Crippen molar-refractivity contribution in [2.45, 2.75) is 25.9 Å². The lowest BCUT2D eigenvalue weighted by atomic mass is 9.79. The molecule has 1 N–H and O–H groups in total. The molecule has 4 rings (SSSR count). The first-order valence-electron chi connectivity index (χ1n) is 12.8. The van der Waals surface area contributed by atoms with Crippen LogP contribution in [0.1, 0.15) is 51.6 Å². The third-order valence-electron chi connectivity index (χ3n) is 6.77. The van der Waals surface area contributed by atoms with Crippen molar-refractivity contribution in [1.82, 2.24) is 10.2 Å². The number of carbonyl (C=O) groups excluding carboxylic acids is 4. The summed E-state index contributed by atoms with van der Waals surface area (Å²) in [5.41, 5.74) is -0.822. The van der Waals surface area contributed by atoms with Crippen LogP contribution in [0.3, 0.4) is 0 Å². The summed E-state index contributed by atoms with van der Waals surface area (Å²) in [7, 11) is 1.08. The summed E-state index contributed by atoms with van der Waals surface area (Å²) >= 11 is 6.26. The van der Waals surface area contributed by atoms with Crippen molar-refractivity contribution in [2.75, 3.05) is 33.5 Å². The number of fused-ring (bicyclic) bond motifs is 1. The van der Waals surface area contributed by atoms with Crippen LogP contribution in [0, 0.1) is 0 Å². The molecule has 2 heterocycles. The molecule has 0 radical (unpaired) electrons. The molecule has 0 spiro atoms. The maximum absolute atomic E-state index is 13.7. The summed E-state index contributed by atoms with van der Waals surface area (Å²) in [5.74, 6) is -4.16. The Morgan fingerprint density at radius 3 is 2.21 bits per heavy atom. The molecule has 0 aliphatic carbocycles. The predicted octanol–water partition coefficient (Wildman–Crippen LogP) is 4.62. The van der Waals surface area contributed by atoms with E-state index >= 15 is 0 Å². The Morgan fingerprint density at radius 1 is 1.00 bits per heavy atom. The van der Waals surface area contributed by atoms with Crippen LogP contribution in [0.4, 0.5) is 13.2 Å². The number of nitrogens with zero attached hydrogens (tertiary/aromatic N) is 1. The molecule has 2 amide bonds. The third-order valence-corrected chi connectivity index (χ3v) is 7.20. The van der Waals surface area contributed by atoms with E-state index in [0.29, 0.717) is 0 Å². The number of hydrogen-bond acceptors (Lipinski definition) is 8. The molecule has 2 aliphatic rings. The summed E-state index contributed by atoms with van der Waals surface area (Å²) in [6, 6.07) is 9.58. The van der Waals surface area contributed by atoms with Crippen LogP contribution in [-0.2, 0) is 30.0 Å². The Hall–Kier alpha value is -4.16. The Bertz CT molecular complexity index is 1480. The highest BCUT2D eigenvalue weighted by molar-refractivity contribution is 6.32. The van der Waals surface area contributed by atoms with Gasteiger partial charge >= 0.3 is 18.1 Å². The highest BCUT2D eigenvalue weighted by Gasteiger charge is 2.42. The van der Waals surface area contributed by atoms with Gasteiger partial charge in [-0.1, -0.05) is 35.9 Å². The molecule has 13 heteroatoms. The van der Waals surface area contributed by atoms with Gasteiger partial charge in [-0.15, -0.1) is 0 Å². The summed E-state index contributed by atoms with van der Waals surface area (Å²) < 4.78 is 57.1. The minimum atomic E-state index is -4.81. The fraction of sp³-hybridized carbons (Fsp3) is 0.310. The van der Waals surface area contributed by atoms with Crippen LogP contribution < -0.4 is 5.32 Å². The smallest absolute Gasteiger partial charge is 0.417 e. The van der Waals surface area contributed by atoms with Crippen molar-refractivity contribution in [3.8, 4) is 0 Å². The van der Waals surface area contributed by atoms with Crippen LogP contribution in [0.15, 0.2) is 65.0 Å². The molecular formula is C29H26ClF3N2O7. The summed E-state index contributed by atoms with van der Waals surface area (Å²) in [6.07, 6.45) is -4.81. The zero-order valence-corrected chi connectivity index (χ0v) is 23.5. The highest BCUT2D eigenvalue weighted by atomic mass is 35.5. The number of nitrogens with one attached hydrogen (secondary N) is 1. The van der Waals surface area contributed by atoms with Gasteiger partial charge in [-0.05, 0) is 37.6 Å². The molecule has 2 aromatic carbocycles. The van der Waals surface area contributed by atoms with Crippen LogP contribution in [0.2, 0.25) is 5.02 Å². The molecule has 0 saturated heterocycles. The van der Waals surface area contributed by atoms with E-state index in [0.717, 1.165) is 24.1 Å². The van der Waals surface area contributed by atoms with Crippen molar-refractivity contribution >= 4 is 35.4 Å². The first kappa shape index (κ1) is 30.8. The van der Waals surface area contributed by atoms with E-state index in [4.69, 9.17) is 25.8 Å². The second kappa shape index (κ2) is 12.4. The Morgan fingerprint density at radius 2 is 1.64 bits per heavy atom. The first-order valence-corrected chi connectivity index (χ1v) is 13.1. The quantitative estimate of drug-likeness (QED) is 0.250. The average molecular weight is 607 g/mol. The molecule has 9 nitrogen and oxygen atoms in total. The number of halogens is 4. The number of esters is 2. The van der Waals surface area contributed by atoms with E-state index in [1.165, 1.54) is 13.0 Å². The van der Waals surface area contributed by atoms with Gasteiger partial charge in [0.2, 0.25) is 0 Å². The van der Waals surface area contributed by atoms with Gasteiger partial charge < -0.3 is 19.5 Å². The van der Waals surface area contributed by atoms with Gasteiger partial charge in [-0.3, -0.25) is 14.5 Å². The van der Waals surface area contributed by atoms with Gasteiger partial charge in [0, 0.05) is 5.70 Å². The minimum absolute atomic E-state index is 0.0380. The number of alkyl halides is 3. The number of imide groups is 1. The minimum Gasteiger partial charge on any atom is -0.466 e. The van der Waals surface area contributed by atoms with E-state index in [9.17, 15) is 32.3 Å². The number of methoxy groups -OCH3 is 1. The molecule has 1 atom stereocenters. The normalized spacial score (nSPS) is 16.9. The fourth-order valence-electron chi connectivity index (χ4n) is 4.92. The van der Waals surface area contributed by atoms with E-state index in [2.05, 4.69) is 5.32 Å². The Balaban J connectivity index is 1.68. The van der Waals surface area contributed by atoms with Gasteiger partial charge in [0.25, 0.3) is 11.8 Å². The molecule has 1 unspecified atom stereocenters. The van der Waals surface area contributed by atoms with Crippen LogP contribution in [0.5, 0.6) is 0 Å². The second-order valence-electron chi connectivity index (χ2n) is 9.27. The number of benzene rings is 2. The maximum atomic E-state index is 13.7. The van der Waals surface area contributed by atoms with Crippen molar-refractivity contribution in [3.05, 3.63) is 92.3 Å². The number of hydrogen-bond donors (Lipinski definition) is 1. The second-order valence-corrected chi connectivity index (χ2v) is 9.65. The van der Waals surface area contributed by atoms with E-state index in [1.807, 2.05) is 0 Å². The summed E-state index contributed by atoms with van der Waals surface area (Å²) in [4.78, 5) is 52.5. The summed E-state index contributed by atoms with van der Waals surface area (Å²) in [5, 5.41) is 2.22. The van der Waals surface area contributed by atoms with Gasteiger partial charge in [0.05, 0.1) is 77.9 Å². The van der Waals surface area contributed by atoms with Crippen LogP contribution >= 0.6 is 11.6 Å². The number of allylic oxidation sites excluding steroid dienone is 1. The van der Waals surface area contributed by atoms with Crippen LogP contribution in [-0.4, -0.2) is 62.1 Å². The predicted molar refractivity (Wildman–Crippen MR) is 143 cm³/mol. The zero-order valence-electron chi connectivity index (χ0n) is 22.8. The van der Waals surface area contributed by atoms with Crippen molar-refractivity contribution < 1.29 is 46.6 Å². The standard InChI is InChI=1S/C29H26ClF3N2O7/c1-4-42-28(39)21-15(2)34-20(14-41-13-12-35-25(36)16-8-5-6-9-17(16)26(35)37)23(27(38)40-3)22(21)18-10-7-11-19(24(18)30)29(31,32)33/h5-11,22,34H,4,12-14H2,1-3H3. The third kappa shape index (κ3) is 5.77. The molecule has 0 saturated carbocycles. The SMILES string of the molecule is CCOC(=O)C1=C(C)NC(COCCN2C(=O)c3ccccc3C2=O)=C(C(=O)OC)C1c1cccc(C(F)(F)F)c1Cl. The Labute approximate surface area is 243 Å². The lowest BCUT2D eigenvalue weighted by Gasteiger charge is -2.32. The van der Waals surface area contributed by atoms with E-state index in [-0.39, 0.29) is 65.6 Å². The zero-order chi connectivity index (χ0) is 30.8. The monoisotopic (exact) mass is 606 g/mol. The molecule has 2 aromatic rings.